The minimum Gasteiger partial charge on any atom is -0.493 e. The topological polar surface area (TPSA) is 41.9 Å². The molecule has 1 unspecified atom stereocenters. The zero-order chi connectivity index (χ0) is 19.6. The van der Waals surface area contributed by atoms with Crippen LogP contribution in [0.2, 0.25) is 0 Å². The van der Waals surface area contributed by atoms with Crippen LogP contribution in [0.1, 0.15) is 43.9 Å². The third kappa shape index (κ3) is 3.93. The van der Waals surface area contributed by atoms with Gasteiger partial charge in [0, 0.05) is 31.5 Å². The first-order valence-corrected chi connectivity index (χ1v) is 9.69. The number of piperidine rings is 1. The highest BCUT2D eigenvalue weighted by atomic mass is 19.1. The second-order valence-corrected chi connectivity index (χ2v) is 8.06. The Morgan fingerprint density at radius 1 is 1.30 bits per heavy atom. The lowest BCUT2D eigenvalue weighted by Gasteiger charge is -2.50. The van der Waals surface area contributed by atoms with Crippen LogP contribution in [0.15, 0.2) is 12.1 Å². The van der Waals surface area contributed by atoms with Crippen LogP contribution < -0.4 is 9.47 Å². The van der Waals surface area contributed by atoms with Gasteiger partial charge in [-0.1, -0.05) is 25.7 Å². The van der Waals surface area contributed by atoms with Crippen LogP contribution in [0.3, 0.4) is 0 Å². The van der Waals surface area contributed by atoms with Crippen LogP contribution in [0, 0.1) is 23.7 Å². The molecule has 0 aromatic heterocycles. The van der Waals surface area contributed by atoms with Crippen molar-refractivity contribution in [2.45, 2.75) is 44.8 Å². The minimum atomic E-state index is -1.17. The zero-order valence-electron chi connectivity index (χ0n) is 16.7. The molecule has 2 heterocycles. The fraction of sp³-hybridized carbons (Fsp3) is 0.636. The van der Waals surface area contributed by atoms with Gasteiger partial charge < -0.3 is 14.6 Å². The van der Waals surface area contributed by atoms with Crippen LogP contribution in [0.5, 0.6) is 11.5 Å². The average molecular weight is 375 g/mol. The van der Waals surface area contributed by atoms with E-state index in [-0.39, 0.29) is 12.0 Å². The first-order chi connectivity index (χ1) is 12.9. The van der Waals surface area contributed by atoms with Crippen LogP contribution in [-0.2, 0) is 6.42 Å². The smallest absolute Gasteiger partial charge is 0.161 e. The number of fused-ring (bicyclic) bond motifs is 3. The van der Waals surface area contributed by atoms with E-state index in [4.69, 9.17) is 9.47 Å². The van der Waals surface area contributed by atoms with E-state index >= 15 is 0 Å². The van der Waals surface area contributed by atoms with Gasteiger partial charge in [0.2, 0.25) is 0 Å². The number of hydrogen-bond donors (Lipinski definition) is 1. The lowest BCUT2D eigenvalue weighted by atomic mass is 9.71. The quantitative estimate of drug-likeness (QED) is 0.820. The van der Waals surface area contributed by atoms with E-state index in [1.807, 2.05) is 12.1 Å². The zero-order valence-corrected chi connectivity index (χ0v) is 16.7. The number of halogens is 1. The summed E-state index contributed by atoms with van der Waals surface area (Å²) in [5, 5.41) is 11.4. The Balaban J connectivity index is 1.99. The number of rotatable bonds is 4. The third-order valence-corrected chi connectivity index (χ3v) is 5.88. The van der Waals surface area contributed by atoms with Gasteiger partial charge in [0.25, 0.3) is 0 Å². The van der Waals surface area contributed by atoms with Gasteiger partial charge in [-0.05, 0) is 42.0 Å². The molecule has 2 aliphatic heterocycles. The molecule has 0 bridgehead atoms. The van der Waals surface area contributed by atoms with E-state index in [1.54, 1.807) is 14.2 Å². The molecule has 1 fully saturated rings. The molecule has 5 heteroatoms. The Morgan fingerprint density at radius 3 is 2.63 bits per heavy atom. The molecular weight excluding hydrogens is 345 g/mol. The number of aliphatic hydroxyl groups is 1. The van der Waals surface area contributed by atoms with E-state index in [1.165, 1.54) is 5.56 Å². The molecule has 1 aromatic carbocycles. The van der Waals surface area contributed by atoms with Gasteiger partial charge in [0.1, 0.15) is 12.3 Å². The Hall–Kier alpha value is -1.77. The van der Waals surface area contributed by atoms with E-state index in [0.29, 0.717) is 18.1 Å². The van der Waals surface area contributed by atoms with Crippen molar-refractivity contribution >= 4 is 0 Å². The summed E-state index contributed by atoms with van der Waals surface area (Å²) in [4.78, 5) is 2.44. The predicted octanol–water partition coefficient (Wildman–Crippen LogP) is 3.37. The standard InChI is InChI=1S/C22H30FNO3/c1-15(2)10-17-14-24-9-6-16-11-20(26-3)21(27-4)12-18(16)19(24)13-22(17,25)7-5-8-23/h11-12,15,17,19,25H,6,8-10,13-14H2,1-4H3/t17?,19-,22-/m1/s1. The van der Waals surface area contributed by atoms with Crippen LogP contribution in [0.4, 0.5) is 4.39 Å². The van der Waals surface area contributed by atoms with Crippen LogP contribution >= 0.6 is 0 Å². The number of methoxy groups -OCH3 is 2. The lowest BCUT2D eigenvalue weighted by molar-refractivity contribution is -0.0648. The molecule has 3 atom stereocenters. The molecule has 4 nitrogen and oxygen atoms in total. The molecule has 1 saturated heterocycles. The van der Waals surface area contributed by atoms with Crippen molar-refractivity contribution in [1.29, 1.82) is 0 Å². The summed E-state index contributed by atoms with van der Waals surface area (Å²) in [6, 6.07) is 4.12. The second kappa shape index (κ2) is 8.08. The summed E-state index contributed by atoms with van der Waals surface area (Å²) < 4.78 is 23.7. The van der Waals surface area contributed by atoms with Crippen LogP contribution in [-0.4, -0.2) is 49.6 Å². The number of alkyl halides is 1. The molecule has 3 rings (SSSR count). The molecule has 0 aliphatic carbocycles. The molecule has 0 spiro atoms. The van der Waals surface area contributed by atoms with Crippen molar-refractivity contribution in [1.82, 2.24) is 4.90 Å². The number of benzene rings is 1. The predicted molar refractivity (Wildman–Crippen MR) is 104 cm³/mol. The van der Waals surface area contributed by atoms with Crippen LogP contribution in [0.25, 0.3) is 0 Å². The van der Waals surface area contributed by atoms with Gasteiger partial charge in [-0.3, -0.25) is 4.90 Å². The fourth-order valence-corrected chi connectivity index (χ4v) is 4.61. The number of ether oxygens (including phenoxy) is 2. The summed E-state index contributed by atoms with van der Waals surface area (Å²) in [7, 11) is 3.27. The molecule has 27 heavy (non-hydrogen) atoms. The Morgan fingerprint density at radius 2 is 2.00 bits per heavy atom. The van der Waals surface area contributed by atoms with Crippen molar-refractivity contribution in [2.24, 2.45) is 11.8 Å². The minimum absolute atomic E-state index is 0.0227. The Bertz CT molecular complexity index is 739. The third-order valence-electron chi connectivity index (χ3n) is 5.88. The van der Waals surface area contributed by atoms with Gasteiger partial charge in [-0.25, -0.2) is 4.39 Å². The number of nitrogens with zero attached hydrogens (tertiary/aromatic N) is 1. The van der Waals surface area contributed by atoms with Crippen molar-refractivity contribution in [2.75, 3.05) is 34.0 Å². The van der Waals surface area contributed by atoms with Gasteiger partial charge in [0.15, 0.2) is 11.5 Å². The molecule has 1 N–H and O–H groups in total. The average Bonchev–Trinajstić information content (AvgIpc) is 2.65. The van der Waals surface area contributed by atoms with Crippen molar-refractivity contribution in [3.05, 3.63) is 23.3 Å². The summed E-state index contributed by atoms with van der Waals surface area (Å²) >= 11 is 0. The van der Waals surface area contributed by atoms with Gasteiger partial charge in [-0.2, -0.15) is 0 Å². The highest BCUT2D eigenvalue weighted by molar-refractivity contribution is 5.50. The molecule has 0 amide bonds. The largest absolute Gasteiger partial charge is 0.493 e. The first-order valence-electron chi connectivity index (χ1n) is 9.69. The SMILES string of the molecule is COc1cc2c(cc1OC)[C@H]1C[C@](O)(C#CCF)C(CC(C)C)CN1CC2. The van der Waals surface area contributed by atoms with E-state index in [0.717, 1.165) is 37.2 Å². The summed E-state index contributed by atoms with van der Waals surface area (Å²) in [6.07, 6.45) is 2.30. The van der Waals surface area contributed by atoms with Gasteiger partial charge in [0.05, 0.1) is 14.2 Å². The summed E-state index contributed by atoms with van der Waals surface area (Å²) in [6.45, 7) is 5.28. The molecular formula is C22H30FNO3. The second-order valence-electron chi connectivity index (χ2n) is 8.06. The summed E-state index contributed by atoms with van der Waals surface area (Å²) in [5.41, 5.74) is 1.21. The fourth-order valence-electron chi connectivity index (χ4n) is 4.61. The normalized spacial score (nSPS) is 27.4. The maximum absolute atomic E-state index is 12.7. The summed E-state index contributed by atoms with van der Waals surface area (Å²) in [5.74, 6) is 7.25. The van der Waals surface area contributed by atoms with E-state index < -0.39 is 12.3 Å². The van der Waals surface area contributed by atoms with Gasteiger partial charge in [-0.15, -0.1) is 0 Å². The van der Waals surface area contributed by atoms with E-state index in [9.17, 15) is 9.50 Å². The molecule has 148 valence electrons. The highest BCUT2D eigenvalue weighted by Gasteiger charge is 2.47. The monoisotopic (exact) mass is 375 g/mol. The van der Waals surface area contributed by atoms with Crippen molar-refractivity contribution in [3.8, 4) is 23.3 Å². The first kappa shape index (κ1) is 20.0. The molecule has 1 aromatic rings. The van der Waals surface area contributed by atoms with Crippen molar-refractivity contribution < 1.29 is 19.0 Å². The Kier molecular flexibility index (Phi) is 5.98. The maximum atomic E-state index is 12.7. The maximum Gasteiger partial charge on any atom is 0.161 e. The molecule has 0 saturated carbocycles. The van der Waals surface area contributed by atoms with Crippen molar-refractivity contribution in [3.63, 3.8) is 0 Å². The molecule has 2 aliphatic rings. The number of hydrogen-bond acceptors (Lipinski definition) is 4. The lowest BCUT2D eigenvalue weighted by Crippen LogP contribution is -2.54. The van der Waals surface area contributed by atoms with Gasteiger partial charge >= 0.3 is 0 Å². The molecule has 0 radical (unpaired) electrons. The van der Waals surface area contributed by atoms with E-state index in [2.05, 4.69) is 30.6 Å². The highest BCUT2D eigenvalue weighted by Crippen LogP contribution is 2.46. The Labute approximate surface area is 161 Å².